The van der Waals surface area contributed by atoms with Gasteiger partial charge in [-0.05, 0) is 44.5 Å². The molecule has 2 fully saturated rings. The summed E-state index contributed by atoms with van der Waals surface area (Å²) < 4.78 is 37.5. The third-order valence-electron chi connectivity index (χ3n) is 4.80. The van der Waals surface area contributed by atoms with E-state index in [0.29, 0.717) is 31.9 Å². The summed E-state index contributed by atoms with van der Waals surface area (Å²) >= 11 is 0. The average Bonchev–Trinajstić information content (AvgIpc) is 3.16. The number of amides is 1. The van der Waals surface area contributed by atoms with Gasteiger partial charge >= 0.3 is 0 Å². The highest BCUT2D eigenvalue weighted by Crippen LogP contribution is 2.27. The standard InChI is InChI=1S/C17H24N2O5S/c1-12-5-6-14(25(21,22)18-2)10-15(12)16(20)19-7-3-4-13(11-19)17-23-8-9-24-17/h5-6,10,13,17-18H,3-4,7-9,11H2,1-2H3. The molecule has 1 amide bonds. The lowest BCUT2D eigenvalue weighted by molar-refractivity contribution is -0.0969. The van der Waals surface area contributed by atoms with Crippen LogP contribution in [0.4, 0.5) is 0 Å². The summed E-state index contributed by atoms with van der Waals surface area (Å²) in [5.74, 6) is 0.0121. The van der Waals surface area contributed by atoms with Crippen LogP contribution < -0.4 is 4.72 Å². The smallest absolute Gasteiger partial charge is 0.254 e. The van der Waals surface area contributed by atoms with Crippen LogP contribution in [0.15, 0.2) is 23.1 Å². The first-order valence-corrected chi connectivity index (χ1v) is 9.97. The van der Waals surface area contributed by atoms with E-state index in [1.54, 1.807) is 11.0 Å². The first kappa shape index (κ1) is 18.3. The van der Waals surface area contributed by atoms with E-state index in [2.05, 4.69) is 4.72 Å². The van der Waals surface area contributed by atoms with Gasteiger partial charge in [-0.2, -0.15) is 0 Å². The molecule has 7 nitrogen and oxygen atoms in total. The number of likely N-dealkylation sites (tertiary alicyclic amines) is 1. The van der Waals surface area contributed by atoms with Crippen molar-refractivity contribution in [3.63, 3.8) is 0 Å². The minimum Gasteiger partial charge on any atom is -0.350 e. The summed E-state index contributed by atoms with van der Waals surface area (Å²) in [6.07, 6.45) is 1.60. The lowest BCUT2D eigenvalue weighted by Gasteiger charge is -2.35. The zero-order valence-corrected chi connectivity index (χ0v) is 15.3. The number of benzene rings is 1. The minimum atomic E-state index is -3.59. The number of nitrogens with one attached hydrogen (secondary N) is 1. The molecule has 1 atom stereocenters. The van der Waals surface area contributed by atoms with Crippen molar-refractivity contribution in [2.75, 3.05) is 33.4 Å². The number of hydrogen-bond donors (Lipinski definition) is 1. The molecule has 0 radical (unpaired) electrons. The van der Waals surface area contributed by atoms with E-state index in [1.165, 1.54) is 19.2 Å². The first-order valence-electron chi connectivity index (χ1n) is 8.49. The van der Waals surface area contributed by atoms with Crippen LogP contribution in [-0.4, -0.2) is 58.9 Å². The molecule has 0 saturated carbocycles. The summed E-state index contributed by atoms with van der Waals surface area (Å²) in [4.78, 5) is 14.8. The molecule has 1 unspecified atom stereocenters. The van der Waals surface area contributed by atoms with Gasteiger partial charge in [0.15, 0.2) is 6.29 Å². The fourth-order valence-electron chi connectivity index (χ4n) is 3.35. The van der Waals surface area contributed by atoms with E-state index in [0.717, 1.165) is 18.4 Å². The Balaban J connectivity index is 1.81. The number of nitrogens with zero attached hydrogens (tertiary/aromatic N) is 1. The predicted octanol–water partition coefficient (Wildman–Crippen LogP) is 1.13. The molecule has 3 rings (SSSR count). The Labute approximate surface area is 148 Å². The maximum absolute atomic E-state index is 13.0. The van der Waals surface area contributed by atoms with Gasteiger partial charge < -0.3 is 14.4 Å². The molecule has 1 aromatic carbocycles. The second-order valence-corrected chi connectivity index (χ2v) is 8.33. The van der Waals surface area contributed by atoms with Crippen molar-refractivity contribution in [2.45, 2.75) is 31.0 Å². The fourth-order valence-corrected chi connectivity index (χ4v) is 4.11. The number of ether oxygens (including phenoxy) is 2. The van der Waals surface area contributed by atoms with Crippen LogP contribution in [0.3, 0.4) is 0 Å². The van der Waals surface area contributed by atoms with Crippen LogP contribution in [0.1, 0.15) is 28.8 Å². The molecule has 1 aromatic rings. The summed E-state index contributed by atoms with van der Waals surface area (Å²) in [6.45, 7) is 4.22. The Morgan fingerprint density at radius 2 is 2.00 bits per heavy atom. The molecule has 0 bridgehead atoms. The van der Waals surface area contributed by atoms with Gasteiger partial charge in [0.25, 0.3) is 5.91 Å². The van der Waals surface area contributed by atoms with Gasteiger partial charge in [-0.3, -0.25) is 4.79 Å². The highest BCUT2D eigenvalue weighted by molar-refractivity contribution is 7.89. The molecule has 0 spiro atoms. The van der Waals surface area contributed by atoms with Crippen LogP contribution in [0, 0.1) is 12.8 Å². The molecular weight excluding hydrogens is 344 g/mol. The Morgan fingerprint density at radius 1 is 1.28 bits per heavy atom. The first-order chi connectivity index (χ1) is 11.9. The van der Waals surface area contributed by atoms with Crippen molar-refractivity contribution in [3.8, 4) is 0 Å². The van der Waals surface area contributed by atoms with Crippen molar-refractivity contribution in [1.29, 1.82) is 0 Å². The quantitative estimate of drug-likeness (QED) is 0.861. The van der Waals surface area contributed by atoms with Crippen LogP contribution in [0.25, 0.3) is 0 Å². The van der Waals surface area contributed by atoms with Crippen molar-refractivity contribution >= 4 is 15.9 Å². The normalized spacial score (nSPS) is 22.3. The Kier molecular flexibility index (Phi) is 5.43. The van der Waals surface area contributed by atoms with Crippen molar-refractivity contribution in [3.05, 3.63) is 29.3 Å². The summed E-state index contributed by atoms with van der Waals surface area (Å²) in [5.41, 5.74) is 1.18. The van der Waals surface area contributed by atoms with E-state index in [1.807, 2.05) is 6.92 Å². The topological polar surface area (TPSA) is 84.9 Å². The van der Waals surface area contributed by atoms with E-state index >= 15 is 0 Å². The third kappa shape index (κ3) is 3.87. The molecule has 2 aliphatic rings. The summed E-state index contributed by atoms with van der Waals surface area (Å²) in [6, 6.07) is 4.63. The van der Waals surface area contributed by atoms with Gasteiger partial charge in [-0.15, -0.1) is 0 Å². The molecule has 2 saturated heterocycles. The largest absolute Gasteiger partial charge is 0.350 e. The maximum Gasteiger partial charge on any atom is 0.254 e. The highest BCUT2D eigenvalue weighted by Gasteiger charge is 2.33. The van der Waals surface area contributed by atoms with Crippen LogP contribution >= 0.6 is 0 Å². The lowest BCUT2D eigenvalue weighted by Crippen LogP contribution is -2.44. The molecule has 0 aromatic heterocycles. The SMILES string of the molecule is CNS(=O)(=O)c1ccc(C)c(C(=O)N2CCCC(C3OCCO3)C2)c1. The van der Waals surface area contributed by atoms with E-state index < -0.39 is 10.0 Å². The zero-order chi connectivity index (χ0) is 18.0. The number of piperidine rings is 1. The minimum absolute atomic E-state index is 0.0972. The zero-order valence-electron chi connectivity index (χ0n) is 14.5. The summed E-state index contributed by atoms with van der Waals surface area (Å²) in [7, 11) is -2.23. The van der Waals surface area contributed by atoms with Crippen LogP contribution in [0.2, 0.25) is 0 Å². The third-order valence-corrected chi connectivity index (χ3v) is 6.21. The van der Waals surface area contributed by atoms with E-state index in [9.17, 15) is 13.2 Å². The number of carbonyl (C=O) groups is 1. The molecule has 138 valence electrons. The molecule has 2 aliphatic heterocycles. The van der Waals surface area contributed by atoms with Crippen molar-refractivity contribution in [1.82, 2.24) is 9.62 Å². The molecular formula is C17H24N2O5S. The predicted molar refractivity (Wildman–Crippen MR) is 91.7 cm³/mol. The molecule has 0 aliphatic carbocycles. The van der Waals surface area contributed by atoms with E-state index in [4.69, 9.17) is 9.47 Å². The number of carbonyl (C=O) groups excluding carboxylic acids is 1. The Morgan fingerprint density at radius 3 is 2.68 bits per heavy atom. The monoisotopic (exact) mass is 368 g/mol. The maximum atomic E-state index is 13.0. The summed E-state index contributed by atoms with van der Waals surface area (Å²) in [5, 5.41) is 0. The Hall–Kier alpha value is -1.48. The number of aryl methyl sites for hydroxylation is 1. The molecule has 25 heavy (non-hydrogen) atoms. The second-order valence-electron chi connectivity index (χ2n) is 6.45. The highest BCUT2D eigenvalue weighted by atomic mass is 32.2. The molecule has 2 heterocycles. The van der Waals surface area contributed by atoms with Crippen molar-refractivity contribution < 1.29 is 22.7 Å². The van der Waals surface area contributed by atoms with Gasteiger partial charge in [0.1, 0.15) is 0 Å². The van der Waals surface area contributed by atoms with Gasteiger partial charge in [0, 0.05) is 24.6 Å². The fraction of sp³-hybridized carbons (Fsp3) is 0.588. The Bertz CT molecular complexity index is 743. The van der Waals surface area contributed by atoms with Gasteiger partial charge in [0.05, 0.1) is 18.1 Å². The van der Waals surface area contributed by atoms with Crippen LogP contribution in [-0.2, 0) is 19.5 Å². The van der Waals surface area contributed by atoms with E-state index in [-0.39, 0.29) is 23.0 Å². The van der Waals surface area contributed by atoms with Crippen LogP contribution in [0.5, 0.6) is 0 Å². The average molecular weight is 368 g/mol. The second kappa shape index (κ2) is 7.41. The lowest BCUT2D eigenvalue weighted by atomic mass is 9.96. The van der Waals surface area contributed by atoms with Crippen molar-refractivity contribution in [2.24, 2.45) is 5.92 Å². The van der Waals surface area contributed by atoms with Gasteiger partial charge in [0.2, 0.25) is 10.0 Å². The molecule has 1 N–H and O–H groups in total. The number of hydrogen-bond acceptors (Lipinski definition) is 5. The van der Waals surface area contributed by atoms with Gasteiger partial charge in [-0.25, -0.2) is 13.1 Å². The number of rotatable bonds is 4. The molecule has 8 heteroatoms. The van der Waals surface area contributed by atoms with Gasteiger partial charge in [-0.1, -0.05) is 6.07 Å². The number of sulfonamides is 1.